The van der Waals surface area contributed by atoms with Crippen LogP contribution in [0.1, 0.15) is 46.0 Å². The Morgan fingerprint density at radius 1 is 1.17 bits per heavy atom. The van der Waals surface area contributed by atoms with Crippen LogP contribution in [0, 0.1) is 17.8 Å². The average molecular weight is 255 g/mol. The van der Waals surface area contributed by atoms with Crippen molar-refractivity contribution in [2.45, 2.75) is 58.2 Å². The van der Waals surface area contributed by atoms with Gasteiger partial charge < -0.3 is 15.1 Å². The first-order chi connectivity index (χ1) is 8.56. The lowest BCUT2D eigenvalue weighted by molar-refractivity contribution is -0.000676. The van der Waals surface area contributed by atoms with Crippen molar-refractivity contribution >= 4 is 0 Å². The molecule has 0 aromatic rings. The van der Waals surface area contributed by atoms with Gasteiger partial charge in [0.2, 0.25) is 0 Å². The Balaban J connectivity index is 1.86. The number of hydrogen-bond acceptors (Lipinski definition) is 3. The van der Waals surface area contributed by atoms with Gasteiger partial charge in [-0.25, -0.2) is 0 Å². The Kier molecular flexibility index (Phi) is 5.05. The standard InChI is InChI=1S/C15H29NO2/c1-11(2)12-5-6-15(18)13(8-12)9-16-7-3-4-14(17)10-16/h11-15,17-18H,3-10H2,1-2H3. The smallest absolute Gasteiger partial charge is 0.0667 e. The maximum absolute atomic E-state index is 10.2. The van der Waals surface area contributed by atoms with Crippen LogP contribution in [0.2, 0.25) is 0 Å². The van der Waals surface area contributed by atoms with Crippen molar-refractivity contribution in [1.82, 2.24) is 4.90 Å². The second-order valence-corrected chi connectivity index (χ2v) is 6.70. The zero-order valence-corrected chi connectivity index (χ0v) is 11.9. The number of nitrogens with zero attached hydrogens (tertiary/aromatic N) is 1. The minimum Gasteiger partial charge on any atom is -0.393 e. The molecule has 18 heavy (non-hydrogen) atoms. The maximum atomic E-state index is 10.2. The minimum atomic E-state index is -0.152. The molecule has 1 heterocycles. The fourth-order valence-electron chi connectivity index (χ4n) is 3.61. The number of aliphatic hydroxyl groups excluding tert-OH is 2. The molecule has 4 unspecified atom stereocenters. The molecule has 106 valence electrons. The number of β-amino-alcohol motifs (C(OH)–C–C–N with tert-alkyl or cyclic N) is 1. The largest absolute Gasteiger partial charge is 0.393 e. The molecule has 0 aromatic carbocycles. The van der Waals surface area contributed by atoms with Gasteiger partial charge in [-0.05, 0) is 56.4 Å². The van der Waals surface area contributed by atoms with E-state index < -0.39 is 0 Å². The summed E-state index contributed by atoms with van der Waals surface area (Å²) in [6, 6.07) is 0. The molecule has 1 saturated carbocycles. The van der Waals surface area contributed by atoms with Gasteiger partial charge in [0.25, 0.3) is 0 Å². The van der Waals surface area contributed by atoms with Crippen molar-refractivity contribution in [2.75, 3.05) is 19.6 Å². The molecular weight excluding hydrogens is 226 g/mol. The zero-order valence-electron chi connectivity index (χ0n) is 11.9. The Morgan fingerprint density at radius 2 is 1.94 bits per heavy atom. The summed E-state index contributed by atoms with van der Waals surface area (Å²) >= 11 is 0. The third-order valence-electron chi connectivity index (χ3n) is 4.90. The Hall–Kier alpha value is -0.120. The number of piperidine rings is 1. The Bertz CT molecular complexity index is 257. The highest BCUT2D eigenvalue weighted by atomic mass is 16.3. The molecule has 0 radical (unpaired) electrons. The Morgan fingerprint density at radius 3 is 2.61 bits per heavy atom. The summed E-state index contributed by atoms with van der Waals surface area (Å²) < 4.78 is 0. The van der Waals surface area contributed by atoms with Crippen LogP contribution in [0.3, 0.4) is 0 Å². The molecule has 4 atom stereocenters. The lowest BCUT2D eigenvalue weighted by Gasteiger charge is -2.39. The lowest BCUT2D eigenvalue weighted by atomic mass is 9.74. The van der Waals surface area contributed by atoms with E-state index in [1.165, 1.54) is 6.42 Å². The van der Waals surface area contributed by atoms with Crippen molar-refractivity contribution in [3.63, 3.8) is 0 Å². The third-order valence-corrected chi connectivity index (χ3v) is 4.90. The SMILES string of the molecule is CC(C)C1CCC(O)C(CN2CCCC(O)C2)C1. The van der Waals surface area contributed by atoms with Gasteiger partial charge >= 0.3 is 0 Å². The molecular formula is C15H29NO2. The Labute approximate surface area is 111 Å². The minimum absolute atomic E-state index is 0.126. The zero-order chi connectivity index (χ0) is 13.1. The van der Waals surface area contributed by atoms with Crippen molar-refractivity contribution in [3.8, 4) is 0 Å². The molecule has 2 rings (SSSR count). The van der Waals surface area contributed by atoms with Crippen molar-refractivity contribution in [2.24, 2.45) is 17.8 Å². The molecule has 0 aromatic heterocycles. The van der Waals surface area contributed by atoms with Gasteiger partial charge in [-0.3, -0.25) is 0 Å². The first-order valence-corrected chi connectivity index (χ1v) is 7.64. The van der Waals surface area contributed by atoms with Gasteiger partial charge in [-0.2, -0.15) is 0 Å². The van der Waals surface area contributed by atoms with Gasteiger partial charge in [0.05, 0.1) is 12.2 Å². The van der Waals surface area contributed by atoms with Crippen LogP contribution in [-0.2, 0) is 0 Å². The van der Waals surface area contributed by atoms with Crippen LogP contribution in [0.25, 0.3) is 0 Å². The molecule has 2 aliphatic rings. The summed E-state index contributed by atoms with van der Waals surface area (Å²) in [7, 11) is 0. The summed E-state index contributed by atoms with van der Waals surface area (Å²) in [5.41, 5.74) is 0. The van der Waals surface area contributed by atoms with E-state index >= 15 is 0 Å². The highest BCUT2D eigenvalue weighted by Crippen LogP contribution is 2.34. The fraction of sp³-hybridized carbons (Fsp3) is 1.00. The molecule has 0 bridgehead atoms. The average Bonchev–Trinajstić information content (AvgIpc) is 2.31. The molecule has 3 nitrogen and oxygen atoms in total. The number of hydrogen-bond donors (Lipinski definition) is 2. The van der Waals surface area contributed by atoms with E-state index in [-0.39, 0.29) is 12.2 Å². The highest BCUT2D eigenvalue weighted by Gasteiger charge is 2.32. The predicted molar refractivity (Wildman–Crippen MR) is 73.4 cm³/mol. The van der Waals surface area contributed by atoms with Gasteiger partial charge in [0.15, 0.2) is 0 Å². The third kappa shape index (κ3) is 3.69. The lowest BCUT2D eigenvalue weighted by Crippen LogP contribution is -2.45. The molecule has 2 fully saturated rings. The van der Waals surface area contributed by atoms with E-state index in [1.54, 1.807) is 0 Å². The van der Waals surface area contributed by atoms with Gasteiger partial charge in [-0.15, -0.1) is 0 Å². The van der Waals surface area contributed by atoms with E-state index in [1.807, 2.05) is 0 Å². The summed E-state index contributed by atoms with van der Waals surface area (Å²) in [4.78, 5) is 2.35. The van der Waals surface area contributed by atoms with Gasteiger partial charge in [-0.1, -0.05) is 13.8 Å². The monoisotopic (exact) mass is 255 g/mol. The van der Waals surface area contributed by atoms with Crippen LogP contribution in [0.4, 0.5) is 0 Å². The normalized spacial score (nSPS) is 39.2. The molecule has 1 aliphatic heterocycles. The quantitative estimate of drug-likeness (QED) is 0.809. The van der Waals surface area contributed by atoms with Gasteiger partial charge in [0.1, 0.15) is 0 Å². The first kappa shape index (κ1) is 14.3. The second-order valence-electron chi connectivity index (χ2n) is 6.70. The van der Waals surface area contributed by atoms with E-state index in [9.17, 15) is 10.2 Å². The van der Waals surface area contributed by atoms with E-state index in [2.05, 4.69) is 18.7 Å². The van der Waals surface area contributed by atoms with Crippen molar-refractivity contribution < 1.29 is 10.2 Å². The summed E-state index contributed by atoms with van der Waals surface area (Å²) in [6.07, 6.45) is 5.06. The molecule has 1 aliphatic carbocycles. The molecule has 0 spiro atoms. The van der Waals surface area contributed by atoms with E-state index in [0.717, 1.165) is 57.2 Å². The highest BCUT2D eigenvalue weighted by molar-refractivity contribution is 4.84. The number of likely N-dealkylation sites (tertiary alicyclic amines) is 1. The maximum Gasteiger partial charge on any atom is 0.0667 e. The number of rotatable bonds is 3. The predicted octanol–water partition coefficient (Wildman–Crippen LogP) is 1.88. The summed E-state index contributed by atoms with van der Waals surface area (Å²) in [6.45, 7) is 7.46. The van der Waals surface area contributed by atoms with Crippen LogP contribution in [-0.4, -0.2) is 47.0 Å². The molecule has 2 N–H and O–H groups in total. The van der Waals surface area contributed by atoms with Crippen molar-refractivity contribution in [3.05, 3.63) is 0 Å². The molecule has 3 heteroatoms. The summed E-state index contributed by atoms with van der Waals surface area (Å²) in [5.74, 6) is 1.91. The first-order valence-electron chi connectivity index (χ1n) is 7.64. The molecule has 1 saturated heterocycles. The molecule has 0 amide bonds. The van der Waals surface area contributed by atoms with Crippen LogP contribution >= 0.6 is 0 Å². The van der Waals surface area contributed by atoms with Crippen LogP contribution in [0.5, 0.6) is 0 Å². The fourth-order valence-corrected chi connectivity index (χ4v) is 3.61. The summed E-state index contributed by atoms with van der Waals surface area (Å²) in [5, 5.41) is 19.9. The van der Waals surface area contributed by atoms with Gasteiger partial charge in [0, 0.05) is 13.1 Å². The van der Waals surface area contributed by atoms with Crippen LogP contribution in [0.15, 0.2) is 0 Å². The van der Waals surface area contributed by atoms with Crippen LogP contribution < -0.4 is 0 Å². The topological polar surface area (TPSA) is 43.7 Å². The van der Waals surface area contributed by atoms with Crippen molar-refractivity contribution in [1.29, 1.82) is 0 Å². The van der Waals surface area contributed by atoms with E-state index in [4.69, 9.17) is 0 Å². The van der Waals surface area contributed by atoms with E-state index in [0.29, 0.717) is 5.92 Å². The second kappa shape index (κ2) is 6.36. The number of aliphatic hydroxyl groups is 2.